The zero-order valence-corrected chi connectivity index (χ0v) is 24.3. The van der Waals surface area contributed by atoms with Crippen LogP contribution >= 0.6 is 11.3 Å². The highest BCUT2D eigenvalue weighted by Crippen LogP contribution is 2.49. The zero-order chi connectivity index (χ0) is 30.5. The summed E-state index contributed by atoms with van der Waals surface area (Å²) in [5.41, 5.74) is -1.97. The van der Waals surface area contributed by atoms with Crippen LogP contribution in [0.3, 0.4) is 0 Å². The molecule has 3 saturated heterocycles. The van der Waals surface area contributed by atoms with E-state index in [-0.39, 0.29) is 52.8 Å². The number of benzene rings is 1. The maximum absolute atomic E-state index is 15.9. The third-order valence-corrected chi connectivity index (χ3v) is 9.19. The lowest BCUT2D eigenvalue weighted by Gasteiger charge is -2.55. The molecule has 4 aliphatic heterocycles. The van der Waals surface area contributed by atoms with Gasteiger partial charge in [0, 0.05) is 32.6 Å². The minimum Gasteiger partial charge on any atom is -0.464 e. The maximum Gasteiger partial charge on any atom is 0.328 e. The Morgan fingerprint density at radius 3 is 2.58 bits per heavy atom. The van der Waals surface area contributed by atoms with E-state index in [2.05, 4.69) is 25.7 Å². The number of esters is 1. The Kier molecular flexibility index (Phi) is 7.87. The first-order valence-corrected chi connectivity index (χ1v) is 14.8. The number of amides is 4. The van der Waals surface area contributed by atoms with E-state index in [9.17, 15) is 19.2 Å². The number of halogens is 2. The number of anilines is 1. The highest BCUT2D eigenvalue weighted by atomic mass is 32.1. The quantitative estimate of drug-likeness (QED) is 0.348. The maximum atomic E-state index is 15.9. The van der Waals surface area contributed by atoms with Gasteiger partial charge in [0.05, 0.1) is 49.1 Å². The molecule has 2 aromatic rings. The number of rotatable bonds is 6. The van der Waals surface area contributed by atoms with Crippen molar-refractivity contribution >= 4 is 40.8 Å². The van der Waals surface area contributed by atoms with Crippen LogP contribution in [-0.4, -0.2) is 103 Å². The zero-order valence-electron chi connectivity index (χ0n) is 23.5. The van der Waals surface area contributed by atoms with Gasteiger partial charge in [0.15, 0.2) is 22.1 Å². The molecule has 43 heavy (non-hydrogen) atoms. The Morgan fingerprint density at radius 1 is 1.14 bits per heavy atom. The van der Waals surface area contributed by atoms with Crippen molar-refractivity contribution in [3.8, 4) is 10.6 Å². The van der Waals surface area contributed by atoms with Crippen LogP contribution in [0.25, 0.3) is 10.6 Å². The van der Waals surface area contributed by atoms with Crippen LogP contribution < -0.4 is 15.5 Å². The fourth-order valence-corrected chi connectivity index (χ4v) is 7.25. The molecule has 1 unspecified atom stereocenters. The lowest BCUT2D eigenvalue weighted by molar-refractivity contribution is -0.153. The molecule has 4 amide bonds. The molecule has 6 rings (SSSR count). The van der Waals surface area contributed by atoms with E-state index < -0.39 is 59.1 Å². The molecular formula is C27H30F2N6O7S. The van der Waals surface area contributed by atoms with Crippen molar-refractivity contribution in [1.82, 2.24) is 25.7 Å². The first-order chi connectivity index (χ1) is 20.6. The molecule has 16 heteroatoms. The number of carbonyl (C=O) groups excluding carboxylic acids is 4. The Balaban J connectivity index is 1.28. The van der Waals surface area contributed by atoms with Crippen LogP contribution in [0.4, 0.5) is 19.3 Å². The predicted octanol–water partition coefficient (Wildman–Crippen LogP) is 0.792. The largest absolute Gasteiger partial charge is 0.464 e. The average Bonchev–Trinajstić information content (AvgIpc) is 3.41. The number of nitrogens with zero attached hydrogens (tertiary/aromatic N) is 4. The Labute approximate surface area is 248 Å². The molecule has 3 fully saturated rings. The van der Waals surface area contributed by atoms with Gasteiger partial charge >= 0.3 is 12.0 Å². The molecule has 0 aliphatic carbocycles. The fourth-order valence-electron chi connectivity index (χ4n) is 6.41. The lowest BCUT2D eigenvalue weighted by Crippen LogP contribution is -2.75. The molecule has 0 bridgehead atoms. The number of nitrogens with one attached hydrogen (secondary N) is 2. The third-order valence-electron chi connectivity index (χ3n) is 8.23. The van der Waals surface area contributed by atoms with Crippen molar-refractivity contribution in [3.63, 3.8) is 0 Å². The minimum absolute atomic E-state index is 0.0166. The molecule has 5 heterocycles. The Morgan fingerprint density at radius 2 is 1.86 bits per heavy atom. The molecule has 3 atom stereocenters. The first kappa shape index (κ1) is 29.5. The molecule has 1 aromatic heterocycles. The van der Waals surface area contributed by atoms with E-state index in [1.165, 1.54) is 11.0 Å². The van der Waals surface area contributed by atoms with E-state index in [1.54, 1.807) is 13.8 Å². The third kappa shape index (κ3) is 5.25. The van der Waals surface area contributed by atoms with Gasteiger partial charge in [-0.2, -0.15) is 0 Å². The second-order valence-electron chi connectivity index (χ2n) is 11.0. The van der Waals surface area contributed by atoms with Gasteiger partial charge in [-0.15, -0.1) is 10.2 Å². The van der Waals surface area contributed by atoms with Crippen molar-refractivity contribution in [2.75, 3.05) is 50.9 Å². The molecule has 2 N–H and O–H groups in total. The first-order valence-electron chi connectivity index (χ1n) is 14.0. The van der Waals surface area contributed by atoms with E-state index in [0.29, 0.717) is 19.8 Å². The summed E-state index contributed by atoms with van der Waals surface area (Å²) in [7, 11) is 0. The van der Waals surface area contributed by atoms with Gasteiger partial charge in [-0.3, -0.25) is 29.9 Å². The molecule has 13 nitrogen and oxygen atoms in total. The number of imide groups is 2. The van der Waals surface area contributed by atoms with Gasteiger partial charge in [-0.05, 0) is 25.5 Å². The topological polar surface area (TPSA) is 152 Å². The summed E-state index contributed by atoms with van der Waals surface area (Å²) in [4.78, 5) is 54.6. The van der Waals surface area contributed by atoms with E-state index in [0.717, 1.165) is 24.4 Å². The summed E-state index contributed by atoms with van der Waals surface area (Å²) < 4.78 is 48.1. The Bertz CT molecular complexity index is 1460. The second-order valence-corrected chi connectivity index (χ2v) is 12.1. The molecule has 1 aromatic carbocycles. The van der Waals surface area contributed by atoms with Crippen LogP contribution in [0.5, 0.6) is 0 Å². The number of fused-ring (bicyclic) bond motifs is 4. The van der Waals surface area contributed by atoms with Crippen molar-refractivity contribution in [2.24, 2.45) is 5.41 Å². The van der Waals surface area contributed by atoms with Crippen molar-refractivity contribution in [2.45, 2.75) is 44.9 Å². The average molecular weight is 621 g/mol. The SMILES string of the molecule is C[C@H]1CN2c3c(cc(-c4nnc(CC(=O)OCCN5CCOCC5)s4)c(F)c3F)CC3(C(=O)NC(=O)NC3=O)C2[C@@H](C)O1. The fraction of sp³-hybridized carbons (Fsp3) is 0.556. The van der Waals surface area contributed by atoms with Gasteiger partial charge < -0.3 is 19.1 Å². The van der Waals surface area contributed by atoms with Gasteiger partial charge in [0.25, 0.3) is 0 Å². The summed E-state index contributed by atoms with van der Waals surface area (Å²) in [6.45, 7) is 7.03. The van der Waals surface area contributed by atoms with Crippen molar-refractivity contribution in [1.29, 1.82) is 0 Å². The Hall–Kier alpha value is -3.60. The molecule has 1 spiro atoms. The highest BCUT2D eigenvalue weighted by molar-refractivity contribution is 7.14. The van der Waals surface area contributed by atoms with Crippen molar-refractivity contribution < 1.29 is 42.2 Å². The summed E-state index contributed by atoms with van der Waals surface area (Å²) in [5.74, 6) is -4.56. The molecule has 0 saturated carbocycles. The van der Waals surface area contributed by atoms with Crippen LogP contribution in [0.15, 0.2) is 6.07 Å². The molecular weight excluding hydrogens is 590 g/mol. The van der Waals surface area contributed by atoms with E-state index in [4.69, 9.17) is 14.2 Å². The number of barbiturate groups is 1. The molecule has 4 aliphatic rings. The van der Waals surface area contributed by atoms with E-state index >= 15 is 8.78 Å². The van der Waals surface area contributed by atoms with Gasteiger partial charge in [-0.1, -0.05) is 11.3 Å². The summed E-state index contributed by atoms with van der Waals surface area (Å²) >= 11 is 0.908. The number of urea groups is 1. The van der Waals surface area contributed by atoms with Crippen LogP contribution in [0.2, 0.25) is 0 Å². The number of carbonyl (C=O) groups is 4. The number of morpholine rings is 2. The van der Waals surface area contributed by atoms with Crippen LogP contribution in [-0.2, 0) is 41.4 Å². The molecule has 0 radical (unpaired) electrons. The monoisotopic (exact) mass is 620 g/mol. The summed E-state index contributed by atoms with van der Waals surface area (Å²) in [6.07, 6.45) is -1.67. The second kappa shape index (κ2) is 11.5. The number of hydrogen-bond acceptors (Lipinski definition) is 12. The predicted molar refractivity (Wildman–Crippen MR) is 146 cm³/mol. The smallest absolute Gasteiger partial charge is 0.328 e. The lowest BCUT2D eigenvalue weighted by atomic mass is 9.66. The minimum atomic E-state index is -1.85. The van der Waals surface area contributed by atoms with E-state index in [1.807, 2.05) is 0 Å². The number of hydrogen-bond donors (Lipinski definition) is 2. The number of aromatic nitrogens is 2. The highest BCUT2D eigenvalue weighted by Gasteiger charge is 2.63. The summed E-state index contributed by atoms with van der Waals surface area (Å²) in [6, 6.07) is -0.618. The number of ether oxygens (including phenoxy) is 3. The van der Waals surface area contributed by atoms with Gasteiger partial charge in [-0.25, -0.2) is 13.6 Å². The van der Waals surface area contributed by atoms with Crippen molar-refractivity contribution in [3.05, 3.63) is 28.3 Å². The standard InChI is InChI=1S/C27H30F2N6O7S/c1-13-12-35-21-15(11-27(22(35)14(2)42-13)24(37)30-26(39)31-25(27)38)9-16(19(28)20(21)29)23-33-32-17(43-23)10-18(36)41-8-5-34-3-6-40-7-4-34/h9,13-14,22H,3-8,10-12H2,1-2H3,(H2,30,31,37,38,39)/t13-,14+,22?/m0/s1. The van der Waals surface area contributed by atoms with Crippen LogP contribution in [0, 0.1) is 17.0 Å². The van der Waals surface area contributed by atoms with Gasteiger partial charge in [0.1, 0.15) is 11.6 Å². The summed E-state index contributed by atoms with van der Waals surface area (Å²) in [5, 5.41) is 12.6. The normalized spacial score (nSPS) is 25.2. The van der Waals surface area contributed by atoms with Gasteiger partial charge in [0.2, 0.25) is 11.8 Å². The van der Waals surface area contributed by atoms with Crippen LogP contribution in [0.1, 0.15) is 24.4 Å². The molecule has 230 valence electrons.